The lowest BCUT2D eigenvalue weighted by Gasteiger charge is -2.73. The molecule has 3 saturated carbocycles. The highest BCUT2D eigenvalue weighted by molar-refractivity contribution is 5.68. The predicted molar refractivity (Wildman–Crippen MR) is 133 cm³/mol. The number of rotatable bonds is 6. The van der Waals surface area contributed by atoms with Crippen molar-refractivity contribution in [2.75, 3.05) is 27.3 Å². The first-order valence-electron chi connectivity index (χ1n) is 12.9. The number of nitrogens with zero attached hydrogens (tertiary/aromatic N) is 1. The van der Waals surface area contributed by atoms with Gasteiger partial charge >= 0.3 is 0 Å². The van der Waals surface area contributed by atoms with Gasteiger partial charge in [-0.1, -0.05) is 55.1 Å². The van der Waals surface area contributed by atoms with Crippen LogP contribution < -0.4 is 4.74 Å². The van der Waals surface area contributed by atoms with Crippen LogP contribution in [0.2, 0.25) is 0 Å². The Morgan fingerprint density at radius 3 is 2.79 bits per heavy atom. The minimum absolute atomic E-state index is 0.0380. The normalized spacial score (nSPS) is 38.9. The Morgan fingerprint density at radius 2 is 2.00 bits per heavy atom. The molecule has 4 nitrogen and oxygen atoms in total. The fourth-order valence-corrected chi connectivity index (χ4v) is 9.11. The summed E-state index contributed by atoms with van der Waals surface area (Å²) >= 11 is 0. The SMILES string of the molecule is C=Cc1ccc2c3c1O[C@H]1[C@@]4(OC)CC[C@@]5(C[C@@H]4COCc4ccccc4)[C@@H](C2)N(C)CC[C@]315. The van der Waals surface area contributed by atoms with Crippen molar-refractivity contribution in [1.82, 2.24) is 4.90 Å². The smallest absolute Gasteiger partial charge is 0.138 e. The van der Waals surface area contributed by atoms with E-state index in [9.17, 15) is 0 Å². The van der Waals surface area contributed by atoms with Crippen molar-refractivity contribution in [2.24, 2.45) is 11.3 Å². The van der Waals surface area contributed by atoms with E-state index in [-0.39, 0.29) is 22.5 Å². The van der Waals surface area contributed by atoms with E-state index in [1.807, 2.05) is 13.2 Å². The largest absolute Gasteiger partial charge is 0.485 e. The molecule has 2 aromatic rings. The van der Waals surface area contributed by atoms with E-state index in [2.05, 4.69) is 61.0 Å². The average Bonchev–Trinajstić information content (AvgIpc) is 3.24. The molecule has 2 heterocycles. The van der Waals surface area contributed by atoms with Crippen molar-refractivity contribution in [3.8, 4) is 5.75 Å². The van der Waals surface area contributed by atoms with Crippen LogP contribution in [0, 0.1) is 11.3 Å². The molecule has 2 aromatic carbocycles. The van der Waals surface area contributed by atoms with Crippen LogP contribution in [0.5, 0.6) is 5.75 Å². The van der Waals surface area contributed by atoms with Crippen molar-refractivity contribution in [3.05, 3.63) is 71.3 Å². The van der Waals surface area contributed by atoms with Crippen LogP contribution in [-0.4, -0.2) is 50.0 Å². The van der Waals surface area contributed by atoms with Crippen molar-refractivity contribution in [3.63, 3.8) is 0 Å². The van der Waals surface area contributed by atoms with E-state index in [1.165, 1.54) is 23.1 Å². The second-order valence-electron chi connectivity index (χ2n) is 11.4. The first kappa shape index (κ1) is 21.2. The third-order valence-electron chi connectivity index (χ3n) is 10.5. The maximum absolute atomic E-state index is 7.08. The molecular weight excluding hydrogens is 422 g/mol. The van der Waals surface area contributed by atoms with Crippen LogP contribution in [0.25, 0.3) is 6.08 Å². The third kappa shape index (κ3) is 2.35. The Kier molecular flexibility index (Phi) is 4.48. The average molecular weight is 458 g/mol. The monoisotopic (exact) mass is 457 g/mol. The van der Waals surface area contributed by atoms with Crippen LogP contribution in [0.4, 0.5) is 0 Å². The summed E-state index contributed by atoms with van der Waals surface area (Å²) in [5, 5.41) is 0. The van der Waals surface area contributed by atoms with Gasteiger partial charge in [0.25, 0.3) is 0 Å². The van der Waals surface area contributed by atoms with Gasteiger partial charge in [0.05, 0.1) is 13.2 Å². The topological polar surface area (TPSA) is 30.9 Å². The summed E-state index contributed by atoms with van der Waals surface area (Å²) < 4.78 is 20.1. The van der Waals surface area contributed by atoms with Gasteiger partial charge in [-0.2, -0.15) is 0 Å². The number of fused-ring (bicyclic) bond motifs is 2. The molecule has 0 unspecified atom stereocenters. The lowest BCUT2D eigenvalue weighted by Crippen LogP contribution is -2.81. The van der Waals surface area contributed by atoms with E-state index in [4.69, 9.17) is 14.2 Å². The molecule has 0 N–H and O–H groups in total. The molecule has 178 valence electrons. The number of hydrogen-bond donors (Lipinski definition) is 0. The molecule has 4 heteroatoms. The summed E-state index contributed by atoms with van der Waals surface area (Å²) in [6.07, 6.45) is 7.69. The fourth-order valence-electron chi connectivity index (χ4n) is 9.11. The maximum Gasteiger partial charge on any atom is 0.138 e. The molecule has 6 atom stereocenters. The molecule has 8 rings (SSSR count). The molecule has 2 aliphatic heterocycles. The van der Waals surface area contributed by atoms with E-state index in [0.717, 1.165) is 43.5 Å². The highest BCUT2D eigenvalue weighted by Gasteiger charge is 2.80. The number of benzene rings is 2. The number of hydrogen-bond acceptors (Lipinski definition) is 4. The molecule has 2 spiro atoms. The van der Waals surface area contributed by atoms with Gasteiger partial charge in [0.15, 0.2) is 0 Å². The van der Waals surface area contributed by atoms with Crippen LogP contribution in [-0.2, 0) is 27.9 Å². The van der Waals surface area contributed by atoms with E-state index < -0.39 is 0 Å². The first-order chi connectivity index (χ1) is 16.6. The lowest BCUT2D eigenvalue weighted by atomic mass is 9.35. The van der Waals surface area contributed by atoms with Crippen LogP contribution >= 0.6 is 0 Å². The van der Waals surface area contributed by atoms with Gasteiger partial charge in [0.1, 0.15) is 17.5 Å². The molecule has 1 saturated heterocycles. The number of likely N-dealkylation sites (N-methyl/N-ethyl adjacent to an activating group) is 1. The highest BCUT2D eigenvalue weighted by atomic mass is 16.6. The molecule has 4 bridgehead atoms. The van der Waals surface area contributed by atoms with E-state index in [0.29, 0.717) is 25.2 Å². The summed E-state index contributed by atoms with van der Waals surface area (Å²) in [5.41, 5.74) is 5.29. The maximum atomic E-state index is 7.08. The van der Waals surface area contributed by atoms with Crippen molar-refractivity contribution in [1.29, 1.82) is 0 Å². The quantitative estimate of drug-likeness (QED) is 0.612. The minimum atomic E-state index is -0.315. The number of likely N-dealkylation sites (tertiary alicyclic amines) is 1. The predicted octanol–water partition coefficient (Wildman–Crippen LogP) is 4.99. The van der Waals surface area contributed by atoms with Gasteiger partial charge in [-0.15, -0.1) is 0 Å². The fraction of sp³-hybridized carbons (Fsp3) is 0.533. The van der Waals surface area contributed by atoms with Crippen molar-refractivity contribution in [2.45, 2.75) is 61.9 Å². The summed E-state index contributed by atoms with van der Waals surface area (Å²) in [5.74, 6) is 1.42. The molecular formula is C30H35NO3. The Balaban J connectivity index is 1.33. The molecule has 0 radical (unpaired) electrons. The minimum Gasteiger partial charge on any atom is -0.485 e. The number of ether oxygens (including phenoxy) is 3. The van der Waals surface area contributed by atoms with Gasteiger partial charge in [-0.05, 0) is 56.8 Å². The van der Waals surface area contributed by atoms with Gasteiger partial charge in [0, 0.05) is 41.0 Å². The molecule has 4 fully saturated rings. The van der Waals surface area contributed by atoms with Crippen LogP contribution in [0.1, 0.15) is 47.9 Å². The van der Waals surface area contributed by atoms with Crippen molar-refractivity contribution < 1.29 is 14.2 Å². The second-order valence-corrected chi connectivity index (χ2v) is 11.4. The van der Waals surface area contributed by atoms with Crippen LogP contribution in [0.15, 0.2) is 49.0 Å². The van der Waals surface area contributed by atoms with E-state index in [1.54, 1.807) is 0 Å². The number of methoxy groups -OCH3 is 1. The zero-order chi connectivity index (χ0) is 23.1. The summed E-state index contributed by atoms with van der Waals surface area (Å²) in [4.78, 5) is 2.65. The highest BCUT2D eigenvalue weighted by Crippen LogP contribution is 2.76. The van der Waals surface area contributed by atoms with E-state index >= 15 is 0 Å². The standard InChI is InChI=1S/C30H35NO3/c1-4-21-10-11-22-16-24-28-12-13-30(32-3,23(17-28)19-33-18-20-8-6-5-7-9-20)27-29(28,14-15-31(24)2)25(22)26(21)34-27/h4-11,23-24,27H,1,12-19H2,2-3H3/t23-,24-,27-,28-,29+,30-/m1/s1. The summed E-state index contributed by atoms with van der Waals surface area (Å²) in [6, 6.07) is 15.6. The molecule has 34 heavy (non-hydrogen) atoms. The van der Waals surface area contributed by atoms with Gasteiger partial charge in [-0.25, -0.2) is 0 Å². The zero-order valence-corrected chi connectivity index (χ0v) is 20.4. The molecule has 0 amide bonds. The Bertz CT molecular complexity index is 1150. The van der Waals surface area contributed by atoms with Crippen LogP contribution in [0.3, 0.4) is 0 Å². The molecule has 4 aliphatic carbocycles. The zero-order valence-electron chi connectivity index (χ0n) is 20.4. The third-order valence-corrected chi connectivity index (χ3v) is 10.5. The van der Waals surface area contributed by atoms with Gasteiger partial charge in [-0.3, -0.25) is 0 Å². The first-order valence-corrected chi connectivity index (χ1v) is 12.9. The molecule has 0 aromatic heterocycles. The Labute approximate surface area is 202 Å². The second kappa shape index (κ2) is 7.19. The lowest BCUT2D eigenvalue weighted by molar-refractivity contribution is -0.282. The molecule has 6 aliphatic rings. The van der Waals surface area contributed by atoms with Gasteiger partial charge < -0.3 is 19.1 Å². The summed E-state index contributed by atoms with van der Waals surface area (Å²) in [7, 11) is 4.25. The van der Waals surface area contributed by atoms with Gasteiger partial charge in [0.2, 0.25) is 0 Å². The number of piperidine rings is 1. The van der Waals surface area contributed by atoms with Crippen molar-refractivity contribution >= 4 is 6.08 Å². The Hall–Kier alpha value is -2.14. The Morgan fingerprint density at radius 1 is 1.15 bits per heavy atom. The summed E-state index contributed by atoms with van der Waals surface area (Å²) in [6.45, 7) is 6.60.